The lowest BCUT2D eigenvalue weighted by Gasteiger charge is -2.40. The Morgan fingerprint density at radius 3 is 2.53 bits per heavy atom. The van der Waals surface area contributed by atoms with Crippen LogP contribution in [0.2, 0.25) is 0 Å². The van der Waals surface area contributed by atoms with E-state index in [2.05, 4.69) is 5.32 Å². The zero-order valence-electron chi connectivity index (χ0n) is 9.32. The van der Waals surface area contributed by atoms with Crippen LogP contribution in [0.5, 0.6) is 0 Å². The third kappa shape index (κ3) is 3.65. The van der Waals surface area contributed by atoms with Crippen molar-refractivity contribution in [3.63, 3.8) is 0 Å². The van der Waals surface area contributed by atoms with E-state index in [-0.39, 0.29) is 6.54 Å². The number of halogens is 3. The molecule has 90 valence electrons. The summed E-state index contributed by atoms with van der Waals surface area (Å²) in [4.78, 5) is 0. The largest absolute Gasteiger partial charge is 0.415 e. The molecule has 0 bridgehead atoms. The Kier molecular flexibility index (Phi) is 3.66. The molecule has 0 aromatic rings. The number of alkyl halides is 3. The van der Waals surface area contributed by atoms with E-state index in [0.717, 1.165) is 0 Å². The highest BCUT2D eigenvalue weighted by Gasteiger charge is 2.47. The summed E-state index contributed by atoms with van der Waals surface area (Å²) in [6, 6.07) is 0. The minimum Gasteiger partial charge on any atom is -0.360 e. The maximum Gasteiger partial charge on any atom is 0.415 e. The van der Waals surface area contributed by atoms with Crippen LogP contribution in [0.1, 0.15) is 27.2 Å². The summed E-state index contributed by atoms with van der Waals surface area (Å²) in [7, 11) is 0. The molecule has 2 atom stereocenters. The van der Waals surface area contributed by atoms with Crippen LogP contribution in [0.4, 0.5) is 13.2 Å². The normalized spacial score (nSPS) is 33.4. The first-order valence-electron chi connectivity index (χ1n) is 5.18. The Morgan fingerprint density at radius 2 is 2.07 bits per heavy atom. The van der Waals surface area contributed by atoms with E-state index in [4.69, 9.17) is 4.74 Å². The van der Waals surface area contributed by atoms with Gasteiger partial charge in [-0.2, -0.15) is 13.2 Å². The molecule has 1 N–H and O–H groups in total. The van der Waals surface area contributed by atoms with Gasteiger partial charge in [-0.1, -0.05) is 13.8 Å². The van der Waals surface area contributed by atoms with Crippen molar-refractivity contribution in [3.05, 3.63) is 0 Å². The third-order valence-corrected chi connectivity index (χ3v) is 2.46. The van der Waals surface area contributed by atoms with Gasteiger partial charge in [0, 0.05) is 13.1 Å². The molecule has 1 aliphatic heterocycles. The number of hydrogen-bond acceptors (Lipinski definition) is 2. The minimum atomic E-state index is -4.27. The standard InChI is InChI=1S/C10H18F3NO/c1-7(2)4-9(3)6-14-5-8(15-9)10(11,12)13/h7-8,14H,4-6H2,1-3H3. The molecule has 0 spiro atoms. The van der Waals surface area contributed by atoms with Crippen LogP contribution >= 0.6 is 0 Å². The van der Waals surface area contributed by atoms with Crippen LogP contribution < -0.4 is 5.32 Å². The van der Waals surface area contributed by atoms with Crippen LogP contribution in [0, 0.1) is 5.92 Å². The van der Waals surface area contributed by atoms with Gasteiger partial charge in [0.05, 0.1) is 5.60 Å². The molecule has 1 heterocycles. The summed E-state index contributed by atoms with van der Waals surface area (Å²) < 4.78 is 42.5. The molecule has 5 heteroatoms. The van der Waals surface area contributed by atoms with Crippen LogP contribution in [-0.2, 0) is 4.74 Å². The van der Waals surface area contributed by atoms with Crippen LogP contribution in [-0.4, -0.2) is 31.0 Å². The van der Waals surface area contributed by atoms with E-state index in [0.29, 0.717) is 18.9 Å². The van der Waals surface area contributed by atoms with Crippen LogP contribution in [0.3, 0.4) is 0 Å². The molecule has 0 amide bonds. The van der Waals surface area contributed by atoms with Gasteiger partial charge in [-0.25, -0.2) is 0 Å². The van der Waals surface area contributed by atoms with E-state index in [1.807, 2.05) is 13.8 Å². The summed E-state index contributed by atoms with van der Waals surface area (Å²) in [5.74, 6) is 0.323. The smallest absolute Gasteiger partial charge is 0.360 e. The number of rotatable bonds is 2. The highest BCUT2D eigenvalue weighted by atomic mass is 19.4. The highest BCUT2D eigenvalue weighted by molar-refractivity contribution is 4.88. The molecule has 1 fully saturated rings. The second-order valence-corrected chi connectivity index (χ2v) is 4.83. The minimum absolute atomic E-state index is 0.142. The van der Waals surface area contributed by atoms with Gasteiger partial charge in [0.15, 0.2) is 6.10 Å². The average Bonchev–Trinajstić information content (AvgIpc) is 1.99. The van der Waals surface area contributed by atoms with E-state index in [9.17, 15) is 13.2 Å². The summed E-state index contributed by atoms with van der Waals surface area (Å²) in [5, 5.41) is 2.79. The number of hydrogen-bond donors (Lipinski definition) is 1. The Labute approximate surface area is 88.2 Å². The van der Waals surface area contributed by atoms with E-state index in [1.54, 1.807) is 6.92 Å². The van der Waals surface area contributed by atoms with Gasteiger partial charge in [-0.3, -0.25) is 0 Å². The molecule has 2 nitrogen and oxygen atoms in total. The van der Waals surface area contributed by atoms with Gasteiger partial charge in [0.2, 0.25) is 0 Å². The topological polar surface area (TPSA) is 21.3 Å². The summed E-state index contributed by atoms with van der Waals surface area (Å²) in [6.07, 6.45) is -5.31. The average molecular weight is 225 g/mol. The van der Waals surface area contributed by atoms with E-state index < -0.39 is 17.9 Å². The van der Waals surface area contributed by atoms with E-state index in [1.165, 1.54) is 0 Å². The van der Waals surface area contributed by atoms with Crippen molar-refractivity contribution in [2.45, 2.75) is 45.1 Å². The summed E-state index contributed by atoms with van der Waals surface area (Å²) in [6.45, 7) is 6.03. The van der Waals surface area contributed by atoms with Crippen molar-refractivity contribution in [1.29, 1.82) is 0 Å². The van der Waals surface area contributed by atoms with E-state index >= 15 is 0 Å². The second kappa shape index (κ2) is 4.29. The van der Waals surface area contributed by atoms with Crippen molar-refractivity contribution < 1.29 is 17.9 Å². The number of morpholine rings is 1. The van der Waals surface area contributed by atoms with Gasteiger partial charge < -0.3 is 10.1 Å². The Balaban J connectivity index is 2.62. The zero-order valence-corrected chi connectivity index (χ0v) is 9.32. The molecular formula is C10H18F3NO. The van der Waals surface area contributed by atoms with Crippen molar-refractivity contribution in [2.24, 2.45) is 5.92 Å². The van der Waals surface area contributed by atoms with Crippen LogP contribution in [0.15, 0.2) is 0 Å². The Bertz CT molecular complexity index is 217. The van der Waals surface area contributed by atoms with Crippen molar-refractivity contribution in [3.8, 4) is 0 Å². The molecular weight excluding hydrogens is 207 g/mol. The fraction of sp³-hybridized carbons (Fsp3) is 1.00. The molecule has 0 radical (unpaired) electrons. The predicted molar refractivity (Wildman–Crippen MR) is 51.7 cm³/mol. The zero-order chi connectivity index (χ0) is 11.7. The fourth-order valence-corrected chi connectivity index (χ4v) is 2.06. The lowest BCUT2D eigenvalue weighted by molar-refractivity contribution is -0.261. The molecule has 15 heavy (non-hydrogen) atoms. The molecule has 1 aliphatic rings. The lowest BCUT2D eigenvalue weighted by atomic mass is 9.92. The molecule has 0 aliphatic carbocycles. The second-order valence-electron chi connectivity index (χ2n) is 4.83. The predicted octanol–water partition coefficient (Wildman–Crippen LogP) is 2.34. The Morgan fingerprint density at radius 1 is 1.47 bits per heavy atom. The monoisotopic (exact) mass is 225 g/mol. The molecule has 1 rings (SSSR count). The van der Waals surface area contributed by atoms with Gasteiger partial charge in [-0.15, -0.1) is 0 Å². The first kappa shape index (κ1) is 12.8. The molecule has 0 aromatic carbocycles. The summed E-state index contributed by atoms with van der Waals surface area (Å²) >= 11 is 0. The first-order chi connectivity index (χ1) is 6.73. The maximum atomic E-state index is 12.5. The third-order valence-electron chi connectivity index (χ3n) is 2.46. The first-order valence-corrected chi connectivity index (χ1v) is 5.18. The van der Waals surface area contributed by atoms with Gasteiger partial charge >= 0.3 is 6.18 Å². The van der Waals surface area contributed by atoms with Crippen molar-refractivity contribution in [2.75, 3.05) is 13.1 Å². The quantitative estimate of drug-likeness (QED) is 0.778. The van der Waals surface area contributed by atoms with Crippen LogP contribution in [0.25, 0.3) is 0 Å². The lowest BCUT2D eigenvalue weighted by Crippen LogP contribution is -2.57. The molecule has 0 saturated carbocycles. The molecule has 0 aromatic heterocycles. The fourth-order valence-electron chi connectivity index (χ4n) is 2.06. The summed E-state index contributed by atoms with van der Waals surface area (Å²) in [5.41, 5.74) is -0.702. The molecule has 1 saturated heterocycles. The Hall–Kier alpha value is -0.290. The SMILES string of the molecule is CC(C)CC1(C)CNCC(C(F)(F)F)O1. The maximum absolute atomic E-state index is 12.5. The number of ether oxygens (including phenoxy) is 1. The van der Waals surface area contributed by atoms with Crippen molar-refractivity contribution >= 4 is 0 Å². The van der Waals surface area contributed by atoms with Gasteiger partial charge in [0.25, 0.3) is 0 Å². The van der Waals surface area contributed by atoms with Gasteiger partial charge in [-0.05, 0) is 19.3 Å². The molecule has 2 unspecified atom stereocenters. The van der Waals surface area contributed by atoms with Gasteiger partial charge in [0.1, 0.15) is 0 Å². The van der Waals surface area contributed by atoms with Crippen molar-refractivity contribution in [1.82, 2.24) is 5.32 Å². The number of nitrogens with one attached hydrogen (secondary N) is 1. The highest BCUT2D eigenvalue weighted by Crippen LogP contribution is 2.31.